The van der Waals surface area contributed by atoms with Gasteiger partial charge in [-0.1, -0.05) is 41.9 Å². The van der Waals surface area contributed by atoms with Crippen LogP contribution in [0.25, 0.3) is 0 Å². The van der Waals surface area contributed by atoms with Crippen LogP contribution in [0.15, 0.2) is 48.5 Å². The Bertz CT molecular complexity index is 764. The second kappa shape index (κ2) is 12.3. The number of hydrogen-bond donors (Lipinski definition) is 3. The molecule has 8 heteroatoms. The molecule has 0 atom stereocenters. The van der Waals surface area contributed by atoms with Gasteiger partial charge in [0.1, 0.15) is 0 Å². The summed E-state index contributed by atoms with van der Waals surface area (Å²) in [7, 11) is 1.64. The molecule has 1 aliphatic rings. The van der Waals surface area contributed by atoms with Crippen LogP contribution >= 0.6 is 36.4 Å². The van der Waals surface area contributed by atoms with Crippen LogP contribution in [0.2, 0.25) is 5.02 Å². The number of amides is 1. The monoisotopic (exact) mass is 459 g/mol. The molecular weight excluding hydrogens is 433 g/mol. The lowest BCUT2D eigenvalue weighted by molar-refractivity contribution is -0.130. The molecule has 160 valence electrons. The molecule has 0 aliphatic carbocycles. The second-order valence-corrected chi connectivity index (χ2v) is 7.36. The van der Waals surface area contributed by atoms with Crippen molar-refractivity contribution in [2.75, 3.05) is 37.4 Å². The first-order valence-corrected chi connectivity index (χ1v) is 9.59. The number of carbonyl (C=O) groups is 1. The number of hydrogen-bond acceptors (Lipinski definition) is 4. The molecule has 1 amide bonds. The summed E-state index contributed by atoms with van der Waals surface area (Å²) in [6.45, 7) is 2.75. The summed E-state index contributed by atoms with van der Waals surface area (Å²) in [5.41, 5.74) is 2.23. The Kier molecular flexibility index (Phi) is 10.8. The van der Waals surface area contributed by atoms with Crippen molar-refractivity contribution >= 4 is 53.7 Å². The molecule has 1 fully saturated rings. The van der Waals surface area contributed by atoms with Gasteiger partial charge in [-0.15, -0.1) is 24.8 Å². The average molecular weight is 461 g/mol. The van der Waals surface area contributed by atoms with Crippen molar-refractivity contribution in [3.05, 3.63) is 59.1 Å². The van der Waals surface area contributed by atoms with Crippen LogP contribution in [0.4, 0.5) is 11.4 Å². The van der Waals surface area contributed by atoms with E-state index in [9.17, 15) is 4.79 Å². The molecule has 29 heavy (non-hydrogen) atoms. The van der Waals surface area contributed by atoms with E-state index in [0.29, 0.717) is 23.9 Å². The highest BCUT2D eigenvalue weighted by molar-refractivity contribution is 6.33. The SMILES string of the molecule is COCC1(C(=O)Nc2ccc(NCc3ccccc3)c(Cl)c2)CCNCC1.Cl.Cl. The first kappa shape index (κ1) is 25.5. The molecule has 1 saturated heterocycles. The smallest absolute Gasteiger partial charge is 0.233 e. The fourth-order valence-electron chi connectivity index (χ4n) is 3.41. The quantitative estimate of drug-likeness (QED) is 0.558. The van der Waals surface area contributed by atoms with Gasteiger partial charge in [-0.05, 0) is 49.7 Å². The predicted molar refractivity (Wildman–Crippen MR) is 125 cm³/mol. The molecule has 0 unspecified atom stereocenters. The Hall–Kier alpha value is -1.50. The maximum Gasteiger partial charge on any atom is 0.233 e. The second-order valence-electron chi connectivity index (χ2n) is 6.95. The highest BCUT2D eigenvalue weighted by atomic mass is 35.5. The van der Waals surface area contributed by atoms with Gasteiger partial charge in [0.15, 0.2) is 0 Å². The van der Waals surface area contributed by atoms with Crippen molar-refractivity contribution < 1.29 is 9.53 Å². The number of ether oxygens (including phenoxy) is 1. The first-order valence-electron chi connectivity index (χ1n) is 9.21. The number of carbonyl (C=O) groups excluding carboxylic acids is 1. The van der Waals surface area contributed by atoms with Crippen LogP contribution in [0, 0.1) is 5.41 Å². The van der Waals surface area contributed by atoms with Crippen molar-refractivity contribution in [2.24, 2.45) is 5.41 Å². The van der Waals surface area contributed by atoms with Crippen LogP contribution in [0.5, 0.6) is 0 Å². The molecule has 3 N–H and O–H groups in total. The minimum atomic E-state index is -0.489. The molecule has 3 rings (SSSR count). The van der Waals surface area contributed by atoms with Gasteiger partial charge in [-0.3, -0.25) is 4.79 Å². The number of methoxy groups -OCH3 is 1. The zero-order chi connectivity index (χ0) is 19.1. The normalized spacial score (nSPS) is 14.8. The lowest BCUT2D eigenvalue weighted by atomic mass is 9.78. The molecule has 2 aromatic rings. The molecule has 0 aromatic heterocycles. The minimum absolute atomic E-state index is 0. The van der Waals surface area contributed by atoms with E-state index in [1.54, 1.807) is 13.2 Å². The number of anilines is 2. The predicted octanol–water partition coefficient (Wildman–Crippen LogP) is 4.75. The summed E-state index contributed by atoms with van der Waals surface area (Å²) < 4.78 is 5.34. The summed E-state index contributed by atoms with van der Waals surface area (Å²) in [6.07, 6.45) is 1.52. The van der Waals surface area contributed by atoms with Gasteiger partial charge in [0.2, 0.25) is 5.91 Å². The summed E-state index contributed by atoms with van der Waals surface area (Å²) in [5, 5.41) is 10.2. The van der Waals surface area contributed by atoms with E-state index >= 15 is 0 Å². The lowest BCUT2D eigenvalue weighted by Gasteiger charge is -2.35. The van der Waals surface area contributed by atoms with E-state index in [2.05, 4.69) is 28.1 Å². The average Bonchev–Trinajstić information content (AvgIpc) is 2.69. The van der Waals surface area contributed by atoms with E-state index in [4.69, 9.17) is 16.3 Å². The summed E-state index contributed by atoms with van der Waals surface area (Å²) >= 11 is 6.41. The van der Waals surface area contributed by atoms with Crippen LogP contribution in [0.3, 0.4) is 0 Å². The summed E-state index contributed by atoms with van der Waals surface area (Å²) in [5.74, 6) is -0.00749. The molecule has 1 heterocycles. The van der Waals surface area contributed by atoms with Crippen LogP contribution in [-0.4, -0.2) is 32.7 Å². The van der Waals surface area contributed by atoms with E-state index in [1.165, 1.54) is 5.56 Å². The van der Waals surface area contributed by atoms with E-state index in [1.807, 2.05) is 30.3 Å². The van der Waals surface area contributed by atoms with Crippen molar-refractivity contribution in [3.8, 4) is 0 Å². The van der Waals surface area contributed by atoms with Crippen LogP contribution in [-0.2, 0) is 16.1 Å². The zero-order valence-electron chi connectivity index (χ0n) is 16.4. The zero-order valence-corrected chi connectivity index (χ0v) is 18.8. The van der Waals surface area contributed by atoms with Gasteiger partial charge in [0, 0.05) is 19.3 Å². The largest absolute Gasteiger partial charge is 0.384 e. The van der Waals surface area contributed by atoms with Crippen molar-refractivity contribution in [3.63, 3.8) is 0 Å². The minimum Gasteiger partial charge on any atom is -0.384 e. The molecule has 0 spiro atoms. The van der Waals surface area contributed by atoms with Gasteiger partial charge in [0.25, 0.3) is 0 Å². The Labute approximate surface area is 189 Å². The number of benzene rings is 2. The van der Waals surface area contributed by atoms with Gasteiger partial charge in [-0.2, -0.15) is 0 Å². The molecular formula is C21H28Cl3N3O2. The Morgan fingerprint density at radius 2 is 1.83 bits per heavy atom. The van der Waals surface area contributed by atoms with Gasteiger partial charge >= 0.3 is 0 Å². The van der Waals surface area contributed by atoms with Crippen molar-refractivity contribution in [1.82, 2.24) is 5.32 Å². The number of halogens is 3. The first-order chi connectivity index (χ1) is 13.1. The van der Waals surface area contributed by atoms with E-state index in [-0.39, 0.29) is 30.7 Å². The molecule has 2 aromatic carbocycles. The standard InChI is InChI=1S/C21H26ClN3O2.2ClH/c1-27-15-21(9-11-23-12-10-21)20(26)25-17-7-8-19(18(22)13-17)24-14-16-5-3-2-4-6-16;;/h2-8,13,23-24H,9-12,14-15H2,1H3,(H,25,26);2*1H. The van der Waals surface area contributed by atoms with Gasteiger partial charge in [0.05, 0.1) is 22.7 Å². The van der Waals surface area contributed by atoms with E-state index < -0.39 is 5.41 Å². The molecule has 0 radical (unpaired) electrons. The van der Waals surface area contributed by atoms with Gasteiger partial charge in [-0.25, -0.2) is 0 Å². The third-order valence-corrected chi connectivity index (χ3v) is 5.33. The number of nitrogens with one attached hydrogen (secondary N) is 3. The number of piperidine rings is 1. The molecule has 5 nitrogen and oxygen atoms in total. The molecule has 0 bridgehead atoms. The highest BCUT2D eigenvalue weighted by Crippen LogP contribution is 2.32. The third-order valence-electron chi connectivity index (χ3n) is 5.02. The fraction of sp³-hybridized carbons (Fsp3) is 0.381. The van der Waals surface area contributed by atoms with Gasteiger partial charge < -0.3 is 20.7 Å². The van der Waals surface area contributed by atoms with Crippen LogP contribution in [0.1, 0.15) is 18.4 Å². The Balaban J connectivity index is 0.00000210. The Morgan fingerprint density at radius 3 is 2.45 bits per heavy atom. The molecule has 1 aliphatic heterocycles. The van der Waals surface area contributed by atoms with Crippen molar-refractivity contribution in [2.45, 2.75) is 19.4 Å². The van der Waals surface area contributed by atoms with Crippen molar-refractivity contribution in [1.29, 1.82) is 0 Å². The maximum atomic E-state index is 12.9. The topological polar surface area (TPSA) is 62.4 Å². The molecule has 0 saturated carbocycles. The Morgan fingerprint density at radius 1 is 1.14 bits per heavy atom. The highest BCUT2D eigenvalue weighted by Gasteiger charge is 2.39. The number of rotatable bonds is 7. The maximum absolute atomic E-state index is 12.9. The van der Waals surface area contributed by atoms with E-state index in [0.717, 1.165) is 31.6 Å². The lowest BCUT2D eigenvalue weighted by Crippen LogP contribution is -2.47. The summed E-state index contributed by atoms with van der Waals surface area (Å²) in [6, 6.07) is 15.7. The van der Waals surface area contributed by atoms with Crippen LogP contribution < -0.4 is 16.0 Å². The fourth-order valence-corrected chi connectivity index (χ4v) is 3.66. The third kappa shape index (κ3) is 6.76. The summed E-state index contributed by atoms with van der Waals surface area (Å²) in [4.78, 5) is 12.9.